The van der Waals surface area contributed by atoms with Crippen molar-refractivity contribution in [2.45, 2.75) is 18.9 Å². The highest BCUT2D eigenvalue weighted by molar-refractivity contribution is 5.99. The first-order valence-electron chi connectivity index (χ1n) is 9.29. The number of fused-ring (bicyclic) bond motifs is 2. The minimum atomic E-state index is -0.360. The molecule has 7 nitrogen and oxygen atoms in total. The summed E-state index contributed by atoms with van der Waals surface area (Å²) in [7, 11) is 1.70. The molecular formula is C20H19FN4O3. The summed E-state index contributed by atoms with van der Waals surface area (Å²) in [6.07, 6.45) is 4.86. The molecule has 1 unspecified atom stereocenters. The molecule has 8 heteroatoms. The third-order valence-electron chi connectivity index (χ3n) is 5.18. The Morgan fingerprint density at radius 2 is 2.11 bits per heavy atom. The number of amides is 1. The number of nitrogens with zero attached hydrogens (tertiary/aromatic N) is 4. The third-order valence-corrected chi connectivity index (χ3v) is 5.18. The Balaban J connectivity index is 1.64. The highest BCUT2D eigenvalue weighted by Gasteiger charge is 2.37. The van der Waals surface area contributed by atoms with Gasteiger partial charge in [0, 0.05) is 30.8 Å². The average molecular weight is 382 g/mol. The van der Waals surface area contributed by atoms with Gasteiger partial charge in [-0.15, -0.1) is 0 Å². The van der Waals surface area contributed by atoms with E-state index in [1.54, 1.807) is 34.8 Å². The molecule has 28 heavy (non-hydrogen) atoms. The van der Waals surface area contributed by atoms with E-state index in [2.05, 4.69) is 10.1 Å². The van der Waals surface area contributed by atoms with Gasteiger partial charge in [-0.05, 0) is 31.0 Å². The van der Waals surface area contributed by atoms with Gasteiger partial charge in [0.05, 0.1) is 12.7 Å². The van der Waals surface area contributed by atoms with Crippen LogP contribution in [0.3, 0.4) is 0 Å². The van der Waals surface area contributed by atoms with Gasteiger partial charge >= 0.3 is 0 Å². The fourth-order valence-electron chi connectivity index (χ4n) is 3.48. The molecular weight excluding hydrogens is 363 g/mol. The Labute approximate surface area is 160 Å². The Kier molecular flexibility index (Phi) is 3.92. The largest absolute Gasteiger partial charge is 0.491 e. The van der Waals surface area contributed by atoms with E-state index in [1.807, 2.05) is 0 Å². The molecule has 1 fully saturated rings. The van der Waals surface area contributed by atoms with Gasteiger partial charge in [-0.25, -0.2) is 8.91 Å². The van der Waals surface area contributed by atoms with Crippen molar-refractivity contribution in [1.82, 2.24) is 19.5 Å². The van der Waals surface area contributed by atoms with Crippen LogP contribution in [0.1, 0.15) is 34.9 Å². The molecule has 1 aromatic carbocycles. The van der Waals surface area contributed by atoms with Crippen LogP contribution in [-0.2, 0) is 0 Å². The van der Waals surface area contributed by atoms with E-state index in [0.29, 0.717) is 34.9 Å². The van der Waals surface area contributed by atoms with Crippen LogP contribution >= 0.6 is 0 Å². The van der Waals surface area contributed by atoms with E-state index in [4.69, 9.17) is 9.47 Å². The van der Waals surface area contributed by atoms with Gasteiger partial charge in [0.15, 0.2) is 5.65 Å². The van der Waals surface area contributed by atoms with Crippen molar-refractivity contribution in [3.8, 4) is 11.6 Å². The first-order chi connectivity index (χ1) is 13.6. The molecule has 144 valence electrons. The second-order valence-corrected chi connectivity index (χ2v) is 7.23. The smallest absolute Gasteiger partial charge is 0.259 e. The normalized spacial score (nSPS) is 20.0. The van der Waals surface area contributed by atoms with Crippen molar-refractivity contribution in [2.75, 3.05) is 20.2 Å². The van der Waals surface area contributed by atoms with Crippen LogP contribution in [0.4, 0.5) is 4.39 Å². The Hall–Kier alpha value is -3.16. The van der Waals surface area contributed by atoms with Gasteiger partial charge in [0.2, 0.25) is 5.88 Å². The summed E-state index contributed by atoms with van der Waals surface area (Å²) >= 11 is 0. The number of likely N-dealkylation sites (N-methyl/N-ethyl adjacent to an activating group) is 1. The predicted molar refractivity (Wildman–Crippen MR) is 97.9 cm³/mol. The minimum Gasteiger partial charge on any atom is -0.491 e. The van der Waals surface area contributed by atoms with Crippen molar-refractivity contribution in [3.05, 3.63) is 53.6 Å². The van der Waals surface area contributed by atoms with E-state index in [0.717, 1.165) is 12.8 Å². The van der Waals surface area contributed by atoms with Gasteiger partial charge in [0.1, 0.15) is 29.8 Å². The molecule has 5 rings (SSSR count). The fraction of sp³-hybridized carbons (Fsp3) is 0.350. The molecule has 2 aliphatic rings. The topological polar surface area (TPSA) is 69.0 Å². The Bertz CT molecular complexity index is 1060. The number of aromatic nitrogens is 3. The van der Waals surface area contributed by atoms with E-state index < -0.39 is 0 Å². The zero-order chi connectivity index (χ0) is 19.3. The quantitative estimate of drug-likeness (QED) is 0.647. The van der Waals surface area contributed by atoms with Crippen molar-refractivity contribution in [1.29, 1.82) is 0 Å². The number of benzene rings is 1. The van der Waals surface area contributed by atoms with Crippen LogP contribution in [0.2, 0.25) is 0 Å². The summed E-state index contributed by atoms with van der Waals surface area (Å²) in [5, 5.41) is 4.20. The lowest BCUT2D eigenvalue weighted by Gasteiger charge is -2.22. The van der Waals surface area contributed by atoms with Crippen LogP contribution in [0.15, 0.2) is 36.7 Å². The van der Waals surface area contributed by atoms with E-state index in [-0.39, 0.29) is 30.4 Å². The summed E-state index contributed by atoms with van der Waals surface area (Å²) in [4.78, 5) is 18.9. The number of carbonyl (C=O) groups is 1. The molecule has 2 bridgehead atoms. The van der Waals surface area contributed by atoms with Gasteiger partial charge in [0.25, 0.3) is 5.91 Å². The molecule has 1 saturated carbocycles. The molecule has 3 aromatic rings. The second kappa shape index (κ2) is 6.47. The van der Waals surface area contributed by atoms with Gasteiger partial charge in [-0.2, -0.15) is 10.1 Å². The zero-order valence-corrected chi connectivity index (χ0v) is 15.3. The van der Waals surface area contributed by atoms with Crippen molar-refractivity contribution in [3.63, 3.8) is 0 Å². The standard InChI is InChI=1S/C20H19FN4O3/c1-24-8-9-27-16-5-4-13(21)10-14(16)18(12-2-3-12)28-17-6-7-25-19(23-17)15(11-22-25)20(24)26/h4-7,10-12,18H,2-3,8-9H2,1H3. The molecule has 1 aliphatic heterocycles. The highest BCUT2D eigenvalue weighted by atomic mass is 19.1. The number of ether oxygens (including phenoxy) is 2. The van der Waals surface area contributed by atoms with E-state index >= 15 is 0 Å². The summed E-state index contributed by atoms with van der Waals surface area (Å²) in [6, 6.07) is 6.16. The van der Waals surface area contributed by atoms with Crippen LogP contribution in [0.25, 0.3) is 5.65 Å². The summed E-state index contributed by atoms with van der Waals surface area (Å²) < 4.78 is 27.7. The lowest BCUT2D eigenvalue weighted by molar-refractivity contribution is 0.0774. The SMILES string of the molecule is CN1CCOc2ccc(F)cc2C(C2CC2)Oc2ccn3ncc(c3n2)C1=O. The Morgan fingerprint density at radius 3 is 2.93 bits per heavy atom. The molecule has 0 saturated heterocycles. The molecule has 3 heterocycles. The minimum absolute atomic E-state index is 0.194. The molecule has 0 spiro atoms. The third kappa shape index (κ3) is 2.94. The molecule has 0 radical (unpaired) electrons. The van der Waals surface area contributed by atoms with Crippen LogP contribution < -0.4 is 9.47 Å². The number of carbonyl (C=O) groups excluding carboxylic acids is 1. The molecule has 1 aliphatic carbocycles. The highest BCUT2D eigenvalue weighted by Crippen LogP contribution is 2.46. The van der Waals surface area contributed by atoms with Gasteiger partial charge < -0.3 is 14.4 Å². The van der Waals surface area contributed by atoms with Crippen LogP contribution in [0, 0.1) is 11.7 Å². The average Bonchev–Trinajstić information content (AvgIpc) is 3.45. The number of hydrogen-bond acceptors (Lipinski definition) is 5. The molecule has 1 atom stereocenters. The lowest BCUT2D eigenvalue weighted by atomic mass is 10.0. The molecule has 1 amide bonds. The molecule has 2 aromatic heterocycles. The second-order valence-electron chi connectivity index (χ2n) is 7.23. The molecule has 0 N–H and O–H groups in total. The van der Waals surface area contributed by atoms with Crippen LogP contribution in [-0.4, -0.2) is 45.6 Å². The summed E-state index contributed by atoms with van der Waals surface area (Å²) in [5.74, 6) is 0.690. The summed E-state index contributed by atoms with van der Waals surface area (Å²) in [6.45, 7) is 0.662. The predicted octanol–water partition coefficient (Wildman–Crippen LogP) is 2.86. The fourth-order valence-corrected chi connectivity index (χ4v) is 3.48. The van der Waals surface area contributed by atoms with Crippen LogP contribution in [0.5, 0.6) is 11.6 Å². The van der Waals surface area contributed by atoms with Crippen molar-refractivity contribution < 1.29 is 18.7 Å². The van der Waals surface area contributed by atoms with Crippen molar-refractivity contribution >= 4 is 11.6 Å². The number of hydrogen-bond donors (Lipinski definition) is 0. The number of rotatable bonds is 1. The van der Waals surface area contributed by atoms with E-state index in [1.165, 1.54) is 18.3 Å². The lowest BCUT2D eigenvalue weighted by Crippen LogP contribution is -2.31. The number of halogens is 1. The Morgan fingerprint density at radius 1 is 1.25 bits per heavy atom. The summed E-state index contributed by atoms with van der Waals surface area (Å²) in [5.41, 5.74) is 1.51. The first kappa shape index (κ1) is 17.0. The monoisotopic (exact) mass is 382 g/mol. The van der Waals surface area contributed by atoms with Crippen molar-refractivity contribution in [2.24, 2.45) is 5.92 Å². The first-order valence-corrected chi connectivity index (χ1v) is 9.29. The zero-order valence-electron chi connectivity index (χ0n) is 15.3. The van der Waals surface area contributed by atoms with Gasteiger partial charge in [-0.1, -0.05) is 0 Å². The maximum Gasteiger partial charge on any atom is 0.259 e. The van der Waals surface area contributed by atoms with E-state index in [9.17, 15) is 9.18 Å². The maximum absolute atomic E-state index is 14.0. The maximum atomic E-state index is 14.0. The van der Waals surface area contributed by atoms with Gasteiger partial charge in [-0.3, -0.25) is 4.79 Å².